The molecule has 0 aliphatic rings. The van der Waals surface area contributed by atoms with Crippen LogP contribution in [-0.4, -0.2) is 11.5 Å². The number of rotatable bonds is 5. The van der Waals surface area contributed by atoms with Crippen molar-refractivity contribution in [1.82, 2.24) is 0 Å². The Morgan fingerprint density at radius 1 is 1.19 bits per heavy atom. The molecule has 2 aromatic carbocycles. The van der Waals surface area contributed by atoms with Crippen molar-refractivity contribution in [2.45, 2.75) is 6.42 Å². The third kappa shape index (κ3) is 3.88. The summed E-state index contributed by atoms with van der Waals surface area (Å²) in [7, 11) is 0. The molecule has 0 saturated heterocycles. The van der Waals surface area contributed by atoms with Gasteiger partial charge in [-0.1, -0.05) is 23.7 Å². The van der Waals surface area contributed by atoms with Crippen molar-refractivity contribution in [3.8, 4) is 0 Å². The lowest BCUT2D eigenvalue weighted by atomic mass is 10.1. The van der Waals surface area contributed by atoms with Crippen molar-refractivity contribution < 1.29 is 13.7 Å². The number of hydrogen-bond donors (Lipinski definition) is 1. The van der Waals surface area contributed by atoms with Crippen LogP contribution in [0.4, 0.5) is 20.2 Å². The second-order valence-electron chi connectivity index (χ2n) is 4.34. The highest BCUT2D eigenvalue weighted by atomic mass is 35.5. The molecular weight excluding hydrogens is 302 g/mol. The van der Waals surface area contributed by atoms with E-state index in [0.717, 1.165) is 17.7 Å². The van der Waals surface area contributed by atoms with E-state index in [0.29, 0.717) is 13.0 Å². The molecule has 7 heteroatoms. The fourth-order valence-corrected chi connectivity index (χ4v) is 1.98. The van der Waals surface area contributed by atoms with Crippen LogP contribution in [0.5, 0.6) is 0 Å². The number of nitro groups is 1. The topological polar surface area (TPSA) is 55.2 Å². The molecule has 0 amide bonds. The molecule has 0 bridgehead atoms. The molecule has 2 aromatic rings. The number of anilines is 1. The van der Waals surface area contributed by atoms with Gasteiger partial charge < -0.3 is 5.32 Å². The zero-order valence-corrected chi connectivity index (χ0v) is 11.5. The molecule has 0 fully saturated rings. The number of nitrogens with zero attached hydrogens (tertiary/aromatic N) is 1. The molecule has 0 unspecified atom stereocenters. The highest BCUT2D eigenvalue weighted by Crippen LogP contribution is 2.30. The first-order valence-corrected chi connectivity index (χ1v) is 6.47. The van der Waals surface area contributed by atoms with Crippen LogP contribution in [0.25, 0.3) is 0 Å². The van der Waals surface area contributed by atoms with Gasteiger partial charge >= 0.3 is 0 Å². The maximum absolute atomic E-state index is 13.4. The van der Waals surface area contributed by atoms with Gasteiger partial charge in [0.05, 0.1) is 9.95 Å². The van der Waals surface area contributed by atoms with Gasteiger partial charge in [0.1, 0.15) is 17.3 Å². The lowest BCUT2D eigenvalue weighted by Gasteiger charge is -2.08. The van der Waals surface area contributed by atoms with Gasteiger partial charge in [0.2, 0.25) is 0 Å². The largest absolute Gasteiger partial charge is 0.379 e. The Hall–Kier alpha value is -2.21. The summed E-state index contributed by atoms with van der Waals surface area (Å²) in [5, 5.41) is 13.4. The quantitative estimate of drug-likeness (QED) is 0.665. The third-order valence-corrected chi connectivity index (χ3v) is 3.17. The van der Waals surface area contributed by atoms with Gasteiger partial charge in [-0.3, -0.25) is 10.1 Å². The molecule has 0 radical (unpaired) electrons. The Morgan fingerprint density at radius 3 is 2.48 bits per heavy atom. The average molecular weight is 313 g/mol. The molecule has 4 nitrogen and oxygen atoms in total. The van der Waals surface area contributed by atoms with Gasteiger partial charge in [-0.2, -0.15) is 0 Å². The second kappa shape index (κ2) is 6.49. The molecule has 0 atom stereocenters. The summed E-state index contributed by atoms with van der Waals surface area (Å²) >= 11 is 5.53. The first-order valence-electron chi connectivity index (χ1n) is 6.09. The molecule has 110 valence electrons. The Balaban J connectivity index is 2.07. The molecule has 0 aromatic heterocycles. The summed E-state index contributed by atoms with van der Waals surface area (Å²) in [5.41, 5.74) is 0.630. The highest BCUT2D eigenvalue weighted by Gasteiger charge is 2.17. The Kier molecular flexibility index (Phi) is 4.70. The lowest BCUT2D eigenvalue weighted by molar-refractivity contribution is -0.384. The monoisotopic (exact) mass is 312 g/mol. The molecule has 0 aliphatic heterocycles. The molecule has 21 heavy (non-hydrogen) atoms. The van der Waals surface area contributed by atoms with Crippen molar-refractivity contribution in [3.63, 3.8) is 0 Å². The summed E-state index contributed by atoms with van der Waals surface area (Å²) in [5.74, 6) is -1.06. The van der Waals surface area contributed by atoms with Crippen molar-refractivity contribution in [2.75, 3.05) is 11.9 Å². The number of hydrogen-bond acceptors (Lipinski definition) is 3. The van der Waals surface area contributed by atoms with Gasteiger partial charge in [-0.05, 0) is 24.1 Å². The molecule has 0 spiro atoms. The second-order valence-corrected chi connectivity index (χ2v) is 4.75. The summed E-state index contributed by atoms with van der Waals surface area (Å²) in [6.07, 6.45) is 0.516. The minimum atomic E-state index is -0.730. The van der Waals surface area contributed by atoms with Gasteiger partial charge in [-0.15, -0.1) is 0 Å². The van der Waals surface area contributed by atoms with E-state index in [1.165, 1.54) is 12.1 Å². The Morgan fingerprint density at radius 2 is 1.86 bits per heavy atom. The van der Waals surface area contributed by atoms with Crippen LogP contribution in [0.15, 0.2) is 36.4 Å². The normalized spacial score (nSPS) is 10.4. The van der Waals surface area contributed by atoms with Crippen LogP contribution in [0, 0.1) is 21.7 Å². The van der Waals surface area contributed by atoms with E-state index < -0.39 is 10.7 Å². The van der Waals surface area contributed by atoms with Crippen molar-refractivity contribution in [3.05, 3.63) is 68.7 Å². The van der Waals surface area contributed by atoms with Gasteiger partial charge in [0, 0.05) is 18.7 Å². The predicted octanol–water partition coefficient (Wildman–Crippen LogP) is 4.18. The van der Waals surface area contributed by atoms with Gasteiger partial charge in [0.15, 0.2) is 0 Å². The zero-order chi connectivity index (χ0) is 15.4. The molecular formula is C14H11ClF2N2O2. The summed E-state index contributed by atoms with van der Waals surface area (Å²) in [6, 6.07) is 7.86. The highest BCUT2D eigenvalue weighted by molar-refractivity contribution is 6.31. The number of nitrogens with one attached hydrogen (secondary N) is 1. The molecule has 2 rings (SSSR count). The maximum Gasteiger partial charge on any atom is 0.294 e. The Labute approximate surface area is 124 Å². The first-order chi connectivity index (χ1) is 9.97. The van der Waals surface area contributed by atoms with Crippen LogP contribution < -0.4 is 5.32 Å². The summed E-state index contributed by atoms with van der Waals surface area (Å²) in [6.45, 7) is 0.341. The average Bonchev–Trinajstić information content (AvgIpc) is 2.44. The molecule has 0 aliphatic carbocycles. The fourth-order valence-electron chi connectivity index (χ4n) is 1.82. The van der Waals surface area contributed by atoms with Crippen molar-refractivity contribution in [2.24, 2.45) is 0 Å². The summed E-state index contributed by atoms with van der Waals surface area (Å²) in [4.78, 5) is 10.3. The zero-order valence-electron chi connectivity index (χ0n) is 10.8. The van der Waals surface area contributed by atoms with Crippen LogP contribution in [-0.2, 0) is 6.42 Å². The van der Waals surface area contributed by atoms with Gasteiger partial charge in [-0.25, -0.2) is 8.78 Å². The van der Waals surface area contributed by atoms with Crippen molar-refractivity contribution in [1.29, 1.82) is 0 Å². The van der Waals surface area contributed by atoms with Crippen LogP contribution >= 0.6 is 11.6 Å². The smallest absolute Gasteiger partial charge is 0.294 e. The Bertz CT molecular complexity index is 663. The third-order valence-electron chi connectivity index (χ3n) is 2.88. The number of benzene rings is 2. The van der Waals surface area contributed by atoms with Gasteiger partial charge in [0.25, 0.3) is 5.69 Å². The van der Waals surface area contributed by atoms with E-state index in [1.54, 1.807) is 12.1 Å². The van der Waals surface area contributed by atoms with Crippen LogP contribution in [0.1, 0.15) is 5.56 Å². The predicted molar refractivity (Wildman–Crippen MR) is 76.7 cm³/mol. The van der Waals surface area contributed by atoms with E-state index in [2.05, 4.69) is 5.32 Å². The van der Waals surface area contributed by atoms with E-state index in [-0.39, 0.29) is 22.2 Å². The van der Waals surface area contributed by atoms with E-state index in [4.69, 9.17) is 11.6 Å². The van der Waals surface area contributed by atoms with Crippen LogP contribution in [0.2, 0.25) is 5.02 Å². The maximum atomic E-state index is 13.4. The minimum absolute atomic E-state index is 0.0593. The summed E-state index contributed by atoms with van der Waals surface area (Å²) < 4.78 is 26.1. The number of halogens is 3. The minimum Gasteiger partial charge on any atom is -0.379 e. The molecule has 1 N–H and O–H groups in total. The molecule has 0 saturated carbocycles. The standard InChI is InChI=1S/C14H11ClF2N2O2/c15-11-7-14(19(20)21)13(8-12(11)17)18-6-5-9-1-3-10(16)4-2-9/h1-4,7-8,18H,5-6H2. The van der Waals surface area contributed by atoms with Crippen LogP contribution in [0.3, 0.4) is 0 Å². The number of nitro benzene ring substituents is 1. The van der Waals surface area contributed by atoms with Crippen molar-refractivity contribution >= 4 is 23.0 Å². The van der Waals surface area contributed by atoms with E-state index in [1.807, 2.05) is 0 Å². The molecule has 0 heterocycles. The lowest BCUT2D eigenvalue weighted by Crippen LogP contribution is -2.07. The fraction of sp³-hybridized carbons (Fsp3) is 0.143. The van der Waals surface area contributed by atoms with E-state index in [9.17, 15) is 18.9 Å². The SMILES string of the molecule is O=[N+]([O-])c1cc(Cl)c(F)cc1NCCc1ccc(F)cc1. The first kappa shape index (κ1) is 15.2. The van der Waals surface area contributed by atoms with E-state index >= 15 is 0 Å².